The van der Waals surface area contributed by atoms with Gasteiger partial charge in [0.1, 0.15) is 5.82 Å². The first kappa shape index (κ1) is 21.3. The molecule has 0 fully saturated rings. The summed E-state index contributed by atoms with van der Waals surface area (Å²) in [4.78, 5) is 12.6. The molecule has 5 nitrogen and oxygen atoms in total. The third-order valence-electron chi connectivity index (χ3n) is 4.28. The number of rotatable bonds is 7. The van der Waals surface area contributed by atoms with E-state index >= 15 is 0 Å². The number of halogens is 2. The Morgan fingerprint density at radius 3 is 2.76 bits per heavy atom. The molecule has 29 heavy (non-hydrogen) atoms. The Kier molecular flexibility index (Phi) is 6.92. The molecule has 3 rings (SSSR count). The van der Waals surface area contributed by atoms with Crippen LogP contribution in [0.25, 0.3) is 11.4 Å². The van der Waals surface area contributed by atoms with Gasteiger partial charge in [-0.3, -0.25) is 4.79 Å². The number of anilines is 1. The van der Waals surface area contributed by atoms with Crippen molar-refractivity contribution < 1.29 is 9.18 Å². The van der Waals surface area contributed by atoms with Crippen molar-refractivity contribution in [1.29, 1.82) is 0 Å². The normalized spacial score (nSPS) is 12.0. The number of carbonyl (C=O) groups is 1. The molecule has 0 saturated carbocycles. The summed E-state index contributed by atoms with van der Waals surface area (Å²) in [6.07, 6.45) is 0.904. The van der Waals surface area contributed by atoms with Gasteiger partial charge in [0.15, 0.2) is 11.0 Å². The lowest BCUT2D eigenvalue weighted by atomic mass is 10.1. The number of nitrogens with one attached hydrogen (secondary N) is 1. The van der Waals surface area contributed by atoms with Gasteiger partial charge in [0.05, 0.1) is 10.9 Å². The number of hydrogen-bond donors (Lipinski definition) is 1. The highest BCUT2D eigenvalue weighted by Gasteiger charge is 2.21. The third kappa shape index (κ3) is 5.16. The smallest absolute Gasteiger partial charge is 0.237 e. The Labute approximate surface area is 178 Å². The third-order valence-corrected chi connectivity index (χ3v) is 5.60. The van der Waals surface area contributed by atoms with Gasteiger partial charge >= 0.3 is 0 Å². The van der Waals surface area contributed by atoms with Crippen LogP contribution in [0.1, 0.15) is 25.8 Å². The minimum atomic E-state index is -0.570. The summed E-state index contributed by atoms with van der Waals surface area (Å²) in [7, 11) is 0. The molecule has 0 bridgehead atoms. The minimum Gasteiger partial charge on any atom is -0.323 e. The van der Waals surface area contributed by atoms with E-state index in [9.17, 15) is 9.18 Å². The van der Waals surface area contributed by atoms with Crippen molar-refractivity contribution >= 4 is 35.0 Å². The van der Waals surface area contributed by atoms with Gasteiger partial charge in [-0.05, 0) is 44.5 Å². The highest BCUT2D eigenvalue weighted by atomic mass is 35.5. The Morgan fingerprint density at radius 2 is 2.07 bits per heavy atom. The quantitative estimate of drug-likeness (QED) is 0.495. The molecule has 3 aromatic rings. The molecule has 152 valence electrons. The average Bonchev–Trinajstić information content (AvgIpc) is 3.06. The highest BCUT2D eigenvalue weighted by Crippen LogP contribution is 2.28. The second-order valence-electron chi connectivity index (χ2n) is 6.70. The standard InChI is InChI=1S/C21H22ClFN4OS/c1-4-10-27-19(15-7-5-6-13(2)11-15)25-26-21(27)29-14(3)20(28)24-18-9-8-16(22)12-17(18)23/h5-9,11-12,14H,4,10H2,1-3H3,(H,24,28). The van der Waals surface area contributed by atoms with Gasteiger partial charge in [0, 0.05) is 17.1 Å². The number of aryl methyl sites for hydroxylation is 1. The topological polar surface area (TPSA) is 59.8 Å². The van der Waals surface area contributed by atoms with Crippen LogP contribution in [0.2, 0.25) is 5.02 Å². The van der Waals surface area contributed by atoms with Gasteiger partial charge in [-0.1, -0.05) is 54.0 Å². The molecule has 0 aliphatic rings. The molecular weight excluding hydrogens is 411 g/mol. The molecule has 1 unspecified atom stereocenters. The Bertz CT molecular complexity index is 1020. The Morgan fingerprint density at radius 1 is 1.28 bits per heavy atom. The number of hydrogen-bond acceptors (Lipinski definition) is 4. The largest absolute Gasteiger partial charge is 0.323 e. The van der Waals surface area contributed by atoms with E-state index < -0.39 is 11.1 Å². The molecule has 1 heterocycles. The second kappa shape index (κ2) is 9.41. The van der Waals surface area contributed by atoms with Crippen LogP contribution in [0.3, 0.4) is 0 Å². The Balaban J connectivity index is 1.79. The monoisotopic (exact) mass is 432 g/mol. The number of carbonyl (C=O) groups excluding carboxylic acids is 1. The molecule has 1 aromatic heterocycles. The zero-order chi connectivity index (χ0) is 21.0. The van der Waals surface area contributed by atoms with Crippen molar-refractivity contribution in [3.63, 3.8) is 0 Å². The number of amides is 1. The molecule has 1 N–H and O–H groups in total. The van der Waals surface area contributed by atoms with Gasteiger partial charge in [-0.25, -0.2) is 4.39 Å². The van der Waals surface area contributed by atoms with Crippen molar-refractivity contribution in [2.75, 3.05) is 5.32 Å². The molecule has 8 heteroatoms. The zero-order valence-corrected chi connectivity index (χ0v) is 18.0. The Hall–Kier alpha value is -2.38. The van der Waals surface area contributed by atoms with E-state index in [1.54, 1.807) is 6.92 Å². The maximum atomic E-state index is 14.0. The first-order valence-corrected chi connectivity index (χ1v) is 10.6. The van der Waals surface area contributed by atoms with Crippen LogP contribution < -0.4 is 5.32 Å². The number of thioether (sulfide) groups is 1. The molecule has 0 spiro atoms. The number of nitrogens with zero attached hydrogens (tertiary/aromatic N) is 3. The van der Waals surface area contributed by atoms with Crippen LogP contribution in [0.15, 0.2) is 47.6 Å². The lowest BCUT2D eigenvalue weighted by Gasteiger charge is -2.14. The van der Waals surface area contributed by atoms with Crippen LogP contribution in [-0.4, -0.2) is 25.9 Å². The van der Waals surface area contributed by atoms with Crippen molar-refractivity contribution in [3.05, 3.63) is 58.9 Å². The molecule has 1 amide bonds. The van der Waals surface area contributed by atoms with E-state index in [0.717, 1.165) is 29.9 Å². The van der Waals surface area contributed by atoms with Crippen LogP contribution >= 0.6 is 23.4 Å². The summed E-state index contributed by atoms with van der Waals surface area (Å²) in [5.41, 5.74) is 2.22. The number of aromatic nitrogens is 3. The van der Waals surface area contributed by atoms with Crippen LogP contribution in [0, 0.1) is 12.7 Å². The van der Waals surface area contributed by atoms with Gasteiger partial charge in [0.2, 0.25) is 5.91 Å². The first-order valence-electron chi connectivity index (χ1n) is 9.32. The summed E-state index contributed by atoms with van der Waals surface area (Å²) in [5.74, 6) is -0.118. The zero-order valence-electron chi connectivity index (χ0n) is 16.4. The molecule has 2 aromatic carbocycles. The maximum absolute atomic E-state index is 14.0. The fraction of sp³-hybridized carbons (Fsp3) is 0.286. The summed E-state index contributed by atoms with van der Waals surface area (Å²) in [6.45, 7) is 6.60. The van der Waals surface area contributed by atoms with Gasteiger partial charge in [-0.2, -0.15) is 0 Å². The predicted octanol–water partition coefficient (Wildman–Crippen LogP) is 5.58. The lowest BCUT2D eigenvalue weighted by molar-refractivity contribution is -0.115. The van der Waals surface area contributed by atoms with Crippen LogP contribution in [0.5, 0.6) is 0 Å². The fourth-order valence-electron chi connectivity index (χ4n) is 2.84. The van der Waals surface area contributed by atoms with Crippen molar-refractivity contribution in [1.82, 2.24) is 14.8 Å². The molecule has 0 saturated heterocycles. The second-order valence-corrected chi connectivity index (χ2v) is 8.45. The van der Waals surface area contributed by atoms with Crippen molar-refractivity contribution in [2.45, 2.75) is 44.1 Å². The van der Waals surface area contributed by atoms with Gasteiger partial charge in [0.25, 0.3) is 0 Å². The van der Waals surface area contributed by atoms with Gasteiger partial charge < -0.3 is 9.88 Å². The van der Waals surface area contributed by atoms with Crippen LogP contribution in [-0.2, 0) is 11.3 Å². The van der Waals surface area contributed by atoms with Crippen molar-refractivity contribution in [3.8, 4) is 11.4 Å². The van der Waals surface area contributed by atoms with Crippen LogP contribution in [0.4, 0.5) is 10.1 Å². The molecule has 0 radical (unpaired) electrons. The summed E-state index contributed by atoms with van der Waals surface area (Å²) in [5, 5.41) is 11.7. The molecule has 0 aliphatic carbocycles. The van der Waals surface area contributed by atoms with Gasteiger partial charge in [-0.15, -0.1) is 10.2 Å². The van der Waals surface area contributed by atoms with E-state index in [1.165, 1.54) is 30.0 Å². The maximum Gasteiger partial charge on any atom is 0.237 e. The molecular formula is C21H22ClFN4OS. The van der Waals surface area contributed by atoms with E-state index in [2.05, 4.69) is 28.5 Å². The summed E-state index contributed by atoms with van der Waals surface area (Å²) >= 11 is 7.05. The van der Waals surface area contributed by atoms with E-state index in [-0.39, 0.29) is 16.6 Å². The summed E-state index contributed by atoms with van der Waals surface area (Å²) in [6, 6.07) is 12.2. The lowest BCUT2D eigenvalue weighted by Crippen LogP contribution is -2.23. The molecule has 1 atom stereocenters. The highest BCUT2D eigenvalue weighted by molar-refractivity contribution is 8.00. The SMILES string of the molecule is CCCn1c(SC(C)C(=O)Nc2ccc(Cl)cc2F)nnc1-c1cccc(C)c1. The predicted molar refractivity (Wildman–Crippen MR) is 116 cm³/mol. The van der Waals surface area contributed by atoms with E-state index in [1.807, 2.05) is 29.7 Å². The van der Waals surface area contributed by atoms with E-state index in [4.69, 9.17) is 11.6 Å². The average molecular weight is 433 g/mol. The minimum absolute atomic E-state index is 0.0994. The number of benzene rings is 2. The fourth-order valence-corrected chi connectivity index (χ4v) is 3.87. The van der Waals surface area contributed by atoms with Crippen molar-refractivity contribution in [2.24, 2.45) is 0 Å². The summed E-state index contributed by atoms with van der Waals surface area (Å²) < 4.78 is 16.0. The molecule has 0 aliphatic heterocycles. The first-order chi connectivity index (χ1) is 13.9. The van der Waals surface area contributed by atoms with E-state index in [0.29, 0.717) is 5.16 Å².